The molecular weight excluding hydrogens is 208 g/mol. The van der Waals surface area contributed by atoms with Crippen molar-refractivity contribution in [2.75, 3.05) is 0 Å². The second-order valence-corrected chi connectivity index (χ2v) is 24.1. The Hall–Kier alpha value is 0.868. The fraction of sp³-hybridized carbons (Fsp3) is 1.00. The quantitative estimate of drug-likeness (QED) is 0.557. The lowest BCUT2D eigenvalue weighted by molar-refractivity contribution is 1.47. The molecule has 2 saturated heterocycles. The first-order chi connectivity index (χ1) is 5.41. The molecule has 0 saturated carbocycles. The van der Waals surface area contributed by atoms with Crippen molar-refractivity contribution in [1.82, 2.24) is 0 Å². The molecule has 0 aliphatic carbocycles. The van der Waals surface area contributed by atoms with Gasteiger partial charge in [0.15, 0.2) is 0 Å². The summed E-state index contributed by atoms with van der Waals surface area (Å²) in [6.45, 7) is 10.0. The van der Waals surface area contributed by atoms with Crippen LogP contribution in [-0.2, 0) is 0 Å². The van der Waals surface area contributed by atoms with E-state index in [4.69, 9.17) is 0 Å². The number of hydrogen-bond acceptors (Lipinski definition) is 0. The molecular formula is C8H24Si4. The normalized spacial score (nSPS) is 29.0. The third kappa shape index (κ3) is 3.72. The van der Waals surface area contributed by atoms with E-state index in [-0.39, 0.29) is 16.1 Å². The van der Waals surface area contributed by atoms with E-state index in [1.165, 1.54) is 0 Å². The van der Waals surface area contributed by atoms with Gasteiger partial charge in [0.2, 0.25) is 0 Å². The average molecular weight is 233 g/mol. The maximum absolute atomic E-state index is 2.50. The van der Waals surface area contributed by atoms with E-state index in [0.29, 0.717) is 19.0 Å². The zero-order valence-electron chi connectivity index (χ0n) is 9.24. The van der Waals surface area contributed by atoms with E-state index in [2.05, 4.69) is 26.2 Å². The van der Waals surface area contributed by atoms with Crippen molar-refractivity contribution in [2.45, 2.75) is 48.9 Å². The number of hydrogen-bond donors (Lipinski definition) is 0. The summed E-state index contributed by atoms with van der Waals surface area (Å²) in [4.78, 5) is 0. The van der Waals surface area contributed by atoms with Gasteiger partial charge in [0, 0.05) is 35.2 Å². The van der Waals surface area contributed by atoms with Crippen molar-refractivity contribution in [3.05, 3.63) is 0 Å². The fourth-order valence-corrected chi connectivity index (χ4v) is 15.9. The van der Waals surface area contributed by atoms with Gasteiger partial charge in [0.05, 0.1) is 0 Å². The first kappa shape index (κ1) is 10.9. The van der Waals surface area contributed by atoms with E-state index in [1.54, 1.807) is 22.7 Å². The minimum absolute atomic E-state index is 0.389. The molecule has 0 aromatic rings. The Bertz CT molecular complexity index is 123. The second kappa shape index (κ2) is 3.94. The van der Waals surface area contributed by atoms with E-state index in [0.717, 1.165) is 0 Å². The molecule has 2 heterocycles. The highest BCUT2D eigenvalue weighted by Gasteiger charge is 2.28. The average Bonchev–Trinajstić information content (AvgIpc) is 1.83. The van der Waals surface area contributed by atoms with E-state index < -0.39 is 0 Å². The molecule has 2 aliphatic rings. The first-order valence-corrected chi connectivity index (χ1v) is 16.2. The van der Waals surface area contributed by atoms with Gasteiger partial charge in [-0.1, -0.05) is 48.9 Å². The summed E-state index contributed by atoms with van der Waals surface area (Å²) < 4.78 is 0. The summed E-state index contributed by atoms with van der Waals surface area (Å²) in [5.41, 5.74) is 6.92. The Morgan fingerprint density at radius 2 is 0.833 bits per heavy atom. The van der Waals surface area contributed by atoms with Crippen molar-refractivity contribution >= 4 is 35.2 Å². The molecule has 2 rings (SSSR count). The predicted molar refractivity (Wildman–Crippen MR) is 71.3 cm³/mol. The van der Waals surface area contributed by atoms with Crippen molar-refractivity contribution in [1.29, 1.82) is 0 Å². The number of rotatable bonds is 0. The zero-order chi connectivity index (χ0) is 9.24. The Labute approximate surface area is 84.2 Å². The fourth-order valence-electron chi connectivity index (χ4n) is 1.77. The molecule has 0 unspecified atom stereocenters. The minimum atomic E-state index is -0.389. The molecule has 0 bridgehead atoms. The summed E-state index contributed by atoms with van der Waals surface area (Å²) in [5.74, 6) is 0. The Morgan fingerprint density at radius 1 is 0.667 bits per heavy atom. The molecule has 4 heteroatoms. The Balaban J connectivity index is 0.000000120. The minimum Gasteiger partial charge on any atom is -0.0698 e. The van der Waals surface area contributed by atoms with Crippen LogP contribution in [0.4, 0.5) is 0 Å². The topological polar surface area (TPSA) is 0 Å². The third-order valence-electron chi connectivity index (χ3n) is 3.41. The van der Waals surface area contributed by atoms with Crippen LogP contribution in [0.5, 0.6) is 0 Å². The van der Waals surface area contributed by atoms with Gasteiger partial charge >= 0.3 is 0 Å². The molecule has 0 atom stereocenters. The van der Waals surface area contributed by atoms with Crippen LogP contribution in [0, 0.1) is 0 Å². The molecule has 0 nitrogen and oxygen atoms in total. The molecule has 72 valence electrons. The van der Waals surface area contributed by atoms with Gasteiger partial charge in [-0.05, 0) is 0 Å². The highest BCUT2D eigenvalue weighted by molar-refractivity contribution is 6.98. The lowest BCUT2D eigenvalue weighted by Crippen LogP contribution is -2.39. The van der Waals surface area contributed by atoms with Crippen LogP contribution in [0.2, 0.25) is 48.9 Å². The smallest absolute Gasteiger partial charge is 0.0410 e. The lowest BCUT2D eigenvalue weighted by atomic mass is 11.7. The van der Waals surface area contributed by atoms with Crippen molar-refractivity contribution in [3.63, 3.8) is 0 Å². The van der Waals surface area contributed by atoms with E-state index in [1.807, 2.05) is 0 Å². The van der Waals surface area contributed by atoms with Gasteiger partial charge in [0.1, 0.15) is 0 Å². The summed E-state index contributed by atoms with van der Waals surface area (Å²) in [5, 5.41) is 0. The first-order valence-electron chi connectivity index (χ1n) is 5.41. The van der Waals surface area contributed by atoms with Crippen LogP contribution in [0.25, 0.3) is 0 Å². The van der Waals surface area contributed by atoms with Crippen molar-refractivity contribution in [3.8, 4) is 0 Å². The molecule has 2 fully saturated rings. The Kier molecular flexibility index (Phi) is 3.59. The maximum atomic E-state index is 2.50. The monoisotopic (exact) mass is 232 g/mol. The standard InChI is InChI=1S/2C4H12Si2/c2*1-6(2)3-5-4-6/h2*3-5H2,1-2H3. The van der Waals surface area contributed by atoms with Gasteiger partial charge in [-0.2, -0.15) is 0 Å². The van der Waals surface area contributed by atoms with Crippen LogP contribution in [0.3, 0.4) is 0 Å². The molecule has 0 N–H and O–H groups in total. The van der Waals surface area contributed by atoms with Gasteiger partial charge in [-0.3, -0.25) is 0 Å². The maximum Gasteiger partial charge on any atom is 0.0410 e. The van der Waals surface area contributed by atoms with Crippen LogP contribution < -0.4 is 0 Å². The summed E-state index contributed by atoms with van der Waals surface area (Å²) in [6, 6.07) is 0. The molecule has 12 heavy (non-hydrogen) atoms. The molecule has 0 aromatic carbocycles. The molecule has 0 aromatic heterocycles. The largest absolute Gasteiger partial charge is 0.0698 e. The SMILES string of the molecule is C[Si]1(C)C[SiH2]C1.C[Si]1(C)C[SiH2]C1. The highest BCUT2D eigenvalue weighted by atomic mass is 28.4. The van der Waals surface area contributed by atoms with E-state index in [9.17, 15) is 0 Å². The zero-order valence-corrected chi connectivity index (χ0v) is 14.1. The summed E-state index contributed by atoms with van der Waals surface area (Å²) >= 11 is 0. The van der Waals surface area contributed by atoms with Crippen LogP contribution in [0.15, 0.2) is 0 Å². The molecule has 2 aliphatic heterocycles. The van der Waals surface area contributed by atoms with Crippen molar-refractivity contribution in [2.24, 2.45) is 0 Å². The van der Waals surface area contributed by atoms with Gasteiger partial charge < -0.3 is 0 Å². The third-order valence-corrected chi connectivity index (χ3v) is 30.7. The Morgan fingerprint density at radius 3 is 0.833 bits per heavy atom. The second-order valence-electron chi connectivity index (χ2n) is 6.04. The van der Waals surface area contributed by atoms with Gasteiger partial charge in [-0.25, -0.2) is 0 Å². The van der Waals surface area contributed by atoms with Gasteiger partial charge in [0.25, 0.3) is 0 Å². The summed E-state index contributed by atoms with van der Waals surface area (Å²) in [7, 11) is 0.347. The highest BCUT2D eigenvalue weighted by Crippen LogP contribution is 2.23. The molecule has 0 radical (unpaired) electrons. The lowest BCUT2D eigenvalue weighted by Gasteiger charge is -2.30. The molecule has 0 amide bonds. The van der Waals surface area contributed by atoms with Crippen molar-refractivity contribution < 1.29 is 0 Å². The molecule has 0 spiro atoms. The van der Waals surface area contributed by atoms with Crippen LogP contribution in [-0.4, -0.2) is 35.2 Å². The van der Waals surface area contributed by atoms with Crippen LogP contribution in [0.1, 0.15) is 0 Å². The summed E-state index contributed by atoms with van der Waals surface area (Å²) in [6.07, 6.45) is 0. The van der Waals surface area contributed by atoms with Crippen LogP contribution >= 0.6 is 0 Å². The van der Waals surface area contributed by atoms with Gasteiger partial charge in [-0.15, -0.1) is 0 Å². The predicted octanol–water partition coefficient (Wildman–Crippen LogP) is 1.58. The van der Waals surface area contributed by atoms with E-state index >= 15 is 0 Å².